The second kappa shape index (κ2) is 9.50. The molecule has 0 atom stereocenters. The fraction of sp³-hybridized carbons (Fsp3) is 0. The smallest absolute Gasteiger partial charge is 0.0486 e. The van der Waals surface area contributed by atoms with Gasteiger partial charge in [0.1, 0.15) is 0 Å². The third-order valence-corrected chi connectivity index (χ3v) is 10.1. The fourth-order valence-corrected chi connectivity index (χ4v) is 7.78. The van der Waals surface area contributed by atoms with E-state index in [0.29, 0.717) is 0 Å². The van der Waals surface area contributed by atoms with Crippen molar-refractivity contribution in [2.75, 3.05) is 0 Å². The lowest BCUT2D eigenvalue weighted by molar-refractivity contribution is 1.24. The van der Waals surface area contributed by atoms with Gasteiger partial charge in [0.25, 0.3) is 0 Å². The van der Waals surface area contributed by atoms with Gasteiger partial charge in [-0.15, -0.1) is 0 Å². The molecule has 224 valence electrons. The Bertz CT molecular complexity index is 3020. The van der Waals surface area contributed by atoms with Crippen molar-refractivity contribution < 1.29 is 0 Å². The Morgan fingerprint density at radius 3 is 0.938 bits per heavy atom. The van der Waals surface area contributed by atoms with Crippen LogP contribution in [0.1, 0.15) is 22.8 Å². The molecule has 6 aromatic carbocycles. The molecule has 0 saturated heterocycles. The minimum absolute atomic E-state index is 1.04. The molecule has 48 heavy (non-hydrogen) atoms. The van der Waals surface area contributed by atoms with Crippen LogP contribution in [-0.2, 0) is 0 Å². The molecule has 0 radical (unpaired) electrons. The zero-order valence-corrected chi connectivity index (χ0v) is 25.9. The lowest BCUT2D eigenvalue weighted by atomic mass is 10.0. The monoisotopic (exact) mass is 612 g/mol. The molecule has 5 heterocycles. The van der Waals surface area contributed by atoms with E-state index in [9.17, 15) is 0 Å². The van der Waals surface area contributed by atoms with E-state index in [1.54, 1.807) is 0 Å². The highest BCUT2D eigenvalue weighted by Gasteiger charge is 2.13. The highest BCUT2D eigenvalue weighted by Crippen LogP contribution is 2.31. The van der Waals surface area contributed by atoms with Crippen molar-refractivity contribution >= 4 is 88.9 Å². The summed E-state index contributed by atoms with van der Waals surface area (Å²) in [4.78, 5) is 15.2. The number of aromatic nitrogens is 4. The largest absolute Gasteiger partial charge is 0.355 e. The number of benzene rings is 6. The number of H-pyrrole nitrogens is 4. The Balaban J connectivity index is 1.32. The third kappa shape index (κ3) is 3.83. The van der Waals surface area contributed by atoms with E-state index in [-0.39, 0.29) is 0 Å². The lowest BCUT2D eigenvalue weighted by Gasteiger charge is -2.00. The predicted molar refractivity (Wildman–Crippen MR) is 201 cm³/mol. The van der Waals surface area contributed by atoms with E-state index < -0.39 is 0 Å². The molecular formula is C44H28N4. The van der Waals surface area contributed by atoms with Crippen molar-refractivity contribution in [1.82, 2.24) is 19.9 Å². The fourth-order valence-electron chi connectivity index (χ4n) is 7.78. The van der Waals surface area contributed by atoms with E-state index >= 15 is 0 Å². The summed E-state index contributed by atoms with van der Waals surface area (Å²) >= 11 is 0. The topological polar surface area (TPSA) is 63.2 Å². The summed E-state index contributed by atoms with van der Waals surface area (Å²) in [7, 11) is 0. The maximum absolute atomic E-state index is 3.87. The van der Waals surface area contributed by atoms with E-state index in [1.165, 1.54) is 64.6 Å². The third-order valence-electron chi connectivity index (χ3n) is 10.1. The maximum Gasteiger partial charge on any atom is 0.0486 e. The van der Waals surface area contributed by atoms with Crippen LogP contribution in [-0.4, -0.2) is 19.9 Å². The zero-order chi connectivity index (χ0) is 31.3. The molecule has 0 amide bonds. The van der Waals surface area contributed by atoms with Gasteiger partial charge in [0.15, 0.2) is 0 Å². The Morgan fingerprint density at radius 1 is 0.271 bits per heavy atom. The second-order valence-corrected chi connectivity index (χ2v) is 13.0. The molecule has 10 aromatic rings. The standard InChI is InChI=1S/C44H28N4/c1-3-9-27-17-35-33(15-25(27)7-1)39-21-31-13-14-32(45-31)22-40-34-16-26-8-2-4-10-28(26)18-36(34)42(47-40)24-44-38-20-30-12-6-5-11-29(30)19-37(38)43(48-44)23-41(35)46-39/h1-24,45-48H. The van der Waals surface area contributed by atoms with Crippen molar-refractivity contribution in [1.29, 1.82) is 0 Å². The van der Waals surface area contributed by atoms with Crippen molar-refractivity contribution in [3.63, 3.8) is 0 Å². The summed E-state index contributed by atoms with van der Waals surface area (Å²) in [6.45, 7) is 0. The SMILES string of the molecule is C1=c2ccc([nH]2)=Cc2[nH]c(c3cc4ccccc4cc23)C=c2[nH]c(c3cc4ccccc4cc23)=Cc2[nH]c1c1cc3ccccc3cc21. The van der Waals surface area contributed by atoms with Crippen LogP contribution in [0.3, 0.4) is 0 Å². The minimum atomic E-state index is 1.04. The number of hydrogen-bond acceptors (Lipinski definition) is 0. The number of rotatable bonds is 0. The molecule has 4 nitrogen and oxygen atoms in total. The van der Waals surface area contributed by atoms with Crippen LogP contribution in [0.5, 0.6) is 0 Å². The highest BCUT2D eigenvalue weighted by atomic mass is 14.8. The Hall–Kier alpha value is -6.52. The van der Waals surface area contributed by atoms with Crippen molar-refractivity contribution in [3.05, 3.63) is 165 Å². The van der Waals surface area contributed by atoms with E-state index in [1.807, 2.05) is 0 Å². The van der Waals surface area contributed by atoms with E-state index in [4.69, 9.17) is 0 Å². The summed E-state index contributed by atoms with van der Waals surface area (Å²) in [5, 5.41) is 18.8. The van der Waals surface area contributed by atoms with Crippen molar-refractivity contribution in [3.8, 4) is 0 Å². The summed E-state index contributed by atoms with van der Waals surface area (Å²) in [5.41, 5.74) is 4.31. The number of hydrogen-bond donors (Lipinski definition) is 4. The Labute approximate surface area is 273 Å². The van der Waals surface area contributed by atoms with Crippen molar-refractivity contribution in [2.24, 2.45) is 0 Å². The van der Waals surface area contributed by atoms with Gasteiger partial charge in [-0.2, -0.15) is 0 Å². The van der Waals surface area contributed by atoms with Crippen LogP contribution in [0, 0.1) is 0 Å². The van der Waals surface area contributed by atoms with Crippen LogP contribution >= 0.6 is 0 Å². The summed E-state index contributed by atoms with van der Waals surface area (Å²) < 4.78 is 0. The van der Waals surface area contributed by atoms with Gasteiger partial charge in [0.2, 0.25) is 0 Å². The van der Waals surface area contributed by atoms with Gasteiger partial charge in [-0.25, -0.2) is 0 Å². The van der Waals surface area contributed by atoms with Crippen molar-refractivity contribution in [2.45, 2.75) is 0 Å². The Kier molecular flexibility index (Phi) is 5.08. The van der Waals surface area contributed by atoms with Crippen LogP contribution in [0.15, 0.2) is 121 Å². The molecule has 11 rings (SSSR count). The molecule has 8 bridgehead atoms. The minimum Gasteiger partial charge on any atom is -0.355 e. The van der Waals surface area contributed by atoms with Crippen LogP contribution < -0.4 is 21.4 Å². The van der Waals surface area contributed by atoms with Gasteiger partial charge in [0.05, 0.1) is 0 Å². The summed E-state index contributed by atoms with van der Waals surface area (Å²) in [5.74, 6) is 0. The van der Waals surface area contributed by atoms with Gasteiger partial charge in [-0.3, -0.25) is 0 Å². The maximum atomic E-state index is 3.87. The average molecular weight is 613 g/mol. The summed E-state index contributed by atoms with van der Waals surface area (Å²) in [6.07, 6.45) is 9.02. The number of aromatic amines is 4. The first-order valence-electron chi connectivity index (χ1n) is 16.4. The molecule has 0 fully saturated rings. The first-order chi connectivity index (χ1) is 23.7. The highest BCUT2D eigenvalue weighted by molar-refractivity contribution is 6.07. The van der Waals surface area contributed by atoms with Crippen LogP contribution in [0.4, 0.5) is 0 Å². The van der Waals surface area contributed by atoms with Gasteiger partial charge in [-0.05, 0) is 105 Å². The van der Waals surface area contributed by atoms with Crippen LogP contribution in [0.25, 0.3) is 88.9 Å². The summed E-state index contributed by atoms with van der Waals surface area (Å²) in [6, 6.07) is 44.0. The average Bonchev–Trinajstić information content (AvgIpc) is 3.87. The van der Waals surface area contributed by atoms with Gasteiger partial charge in [-0.1, -0.05) is 72.8 Å². The molecule has 0 spiro atoms. The first kappa shape index (κ1) is 25.6. The lowest BCUT2D eigenvalue weighted by Crippen LogP contribution is -2.11. The molecule has 0 aliphatic carbocycles. The van der Waals surface area contributed by atoms with E-state index in [0.717, 1.165) is 44.2 Å². The number of fused-ring (bicyclic) bond motifs is 20. The molecule has 0 unspecified atom stereocenters. The van der Waals surface area contributed by atoms with Gasteiger partial charge >= 0.3 is 0 Å². The second-order valence-electron chi connectivity index (χ2n) is 13.0. The van der Waals surface area contributed by atoms with Crippen LogP contribution in [0.2, 0.25) is 0 Å². The normalized spacial score (nSPS) is 12.8. The number of nitrogens with one attached hydrogen (secondary N) is 4. The molecule has 4 aromatic heterocycles. The van der Waals surface area contributed by atoms with Gasteiger partial charge in [0, 0.05) is 76.5 Å². The van der Waals surface area contributed by atoms with E-state index in [2.05, 4.69) is 166 Å². The Morgan fingerprint density at radius 2 is 0.583 bits per heavy atom. The molecule has 1 aliphatic rings. The predicted octanol–water partition coefficient (Wildman–Crippen LogP) is 7.55. The molecule has 4 heteroatoms. The first-order valence-corrected chi connectivity index (χ1v) is 16.4. The van der Waals surface area contributed by atoms with Gasteiger partial charge < -0.3 is 19.9 Å². The quantitative estimate of drug-likeness (QED) is 0.137. The molecule has 4 N–H and O–H groups in total. The molecule has 1 aliphatic heterocycles. The zero-order valence-electron chi connectivity index (χ0n) is 25.9. The molecular weight excluding hydrogens is 585 g/mol. The molecule has 0 saturated carbocycles.